The van der Waals surface area contributed by atoms with Gasteiger partial charge in [0.15, 0.2) is 0 Å². The van der Waals surface area contributed by atoms with Crippen molar-refractivity contribution in [2.75, 3.05) is 25.5 Å². The minimum atomic E-state index is -4.50. The fourth-order valence-corrected chi connectivity index (χ4v) is 2.56. The molecule has 2 N–H and O–H groups in total. The number of carbonyl (C=O) groups is 1. The molecule has 1 aliphatic heterocycles. The summed E-state index contributed by atoms with van der Waals surface area (Å²) in [6, 6.07) is 2.73. The molecule has 1 unspecified atom stereocenters. The summed E-state index contributed by atoms with van der Waals surface area (Å²) in [4.78, 5) is 13.9. The topological polar surface area (TPSA) is 52.6 Å². The van der Waals surface area contributed by atoms with E-state index in [1.54, 1.807) is 7.05 Å². The smallest absolute Gasteiger partial charge is 0.394 e. The minimum Gasteiger partial charge on any atom is -0.394 e. The monoisotopic (exact) mass is 302 g/mol. The first kappa shape index (κ1) is 15.6. The van der Waals surface area contributed by atoms with E-state index in [0.29, 0.717) is 18.7 Å². The Hall–Kier alpha value is -1.76. The highest BCUT2D eigenvalue weighted by Gasteiger charge is 2.34. The van der Waals surface area contributed by atoms with Crippen LogP contribution in [0.4, 0.5) is 18.9 Å². The third-order valence-electron chi connectivity index (χ3n) is 3.70. The molecule has 116 valence electrons. The number of rotatable bonds is 3. The van der Waals surface area contributed by atoms with Crippen LogP contribution in [0.5, 0.6) is 0 Å². The van der Waals surface area contributed by atoms with Crippen molar-refractivity contribution in [3.05, 3.63) is 29.3 Å². The maximum absolute atomic E-state index is 12.8. The molecule has 0 aromatic heterocycles. The number of nitrogens with one attached hydrogen (secondary N) is 1. The van der Waals surface area contributed by atoms with E-state index in [0.717, 1.165) is 18.6 Å². The van der Waals surface area contributed by atoms with Crippen LogP contribution in [0.25, 0.3) is 0 Å². The normalized spacial score (nSPS) is 18.9. The number of alkyl halides is 3. The lowest BCUT2D eigenvalue weighted by molar-refractivity contribution is -0.137. The van der Waals surface area contributed by atoms with E-state index in [2.05, 4.69) is 5.32 Å². The van der Waals surface area contributed by atoms with Gasteiger partial charge in [-0.05, 0) is 31.0 Å². The fraction of sp³-hybridized carbons (Fsp3) is 0.500. The van der Waals surface area contributed by atoms with Gasteiger partial charge in [-0.25, -0.2) is 0 Å². The molecule has 0 bridgehead atoms. The Morgan fingerprint density at radius 1 is 1.48 bits per heavy atom. The number of benzene rings is 1. The zero-order chi connectivity index (χ0) is 15.6. The van der Waals surface area contributed by atoms with E-state index < -0.39 is 17.6 Å². The van der Waals surface area contributed by atoms with Crippen molar-refractivity contribution in [1.82, 2.24) is 4.90 Å². The second kappa shape index (κ2) is 5.93. The Morgan fingerprint density at radius 3 is 2.76 bits per heavy atom. The molecule has 1 aliphatic rings. The van der Waals surface area contributed by atoms with Crippen LogP contribution in [-0.4, -0.2) is 42.2 Å². The number of hydrogen-bond acceptors (Lipinski definition) is 3. The average molecular weight is 302 g/mol. The van der Waals surface area contributed by atoms with Crippen LogP contribution in [0.1, 0.15) is 28.8 Å². The number of hydrogen-bond donors (Lipinski definition) is 2. The number of nitrogens with zero attached hydrogens (tertiary/aromatic N) is 1. The molecule has 0 saturated carbocycles. The molecule has 1 aromatic carbocycles. The summed E-state index contributed by atoms with van der Waals surface area (Å²) in [6.07, 6.45) is -3.09. The molecule has 1 aromatic rings. The van der Waals surface area contributed by atoms with Crippen LogP contribution in [0, 0.1) is 0 Å². The molecule has 1 saturated heterocycles. The second-order valence-corrected chi connectivity index (χ2v) is 4.99. The number of carbonyl (C=O) groups excluding carboxylic acids is 1. The van der Waals surface area contributed by atoms with Gasteiger partial charge in [0.25, 0.3) is 5.91 Å². The van der Waals surface area contributed by atoms with Gasteiger partial charge < -0.3 is 15.3 Å². The summed E-state index contributed by atoms with van der Waals surface area (Å²) >= 11 is 0. The summed E-state index contributed by atoms with van der Waals surface area (Å²) < 4.78 is 38.4. The van der Waals surface area contributed by atoms with Crippen molar-refractivity contribution in [3.8, 4) is 0 Å². The molecule has 0 radical (unpaired) electrons. The molecule has 0 spiro atoms. The molecule has 2 rings (SSSR count). The first-order chi connectivity index (χ1) is 9.88. The van der Waals surface area contributed by atoms with Gasteiger partial charge in [0.1, 0.15) is 0 Å². The highest BCUT2D eigenvalue weighted by atomic mass is 19.4. The summed E-state index contributed by atoms with van der Waals surface area (Å²) in [5.41, 5.74) is -0.533. The predicted octanol–water partition coefficient (Wildman–Crippen LogP) is 2.34. The quantitative estimate of drug-likeness (QED) is 0.901. The van der Waals surface area contributed by atoms with Crippen molar-refractivity contribution in [2.24, 2.45) is 0 Å². The van der Waals surface area contributed by atoms with Crippen LogP contribution >= 0.6 is 0 Å². The van der Waals surface area contributed by atoms with Gasteiger partial charge in [-0.3, -0.25) is 4.79 Å². The first-order valence-corrected chi connectivity index (χ1v) is 6.69. The fourth-order valence-electron chi connectivity index (χ4n) is 2.56. The molecular weight excluding hydrogens is 285 g/mol. The van der Waals surface area contributed by atoms with Crippen molar-refractivity contribution in [1.29, 1.82) is 0 Å². The summed E-state index contributed by atoms with van der Waals surface area (Å²) in [5, 5.41) is 12.0. The van der Waals surface area contributed by atoms with Crippen LogP contribution in [-0.2, 0) is 6.18 Å². The predicted molar refractivity (Wildman–Crippen MR) is 72.1 cm³/mol. The van der Waals surface area contributed by atoms with Crippen LogP contribution in [0.2, 0.25) is 0 Å². The number of halogens is 3. The number of amides is 1. The third-order valence-corrected chi connectivity index (χ3v) is 3.70. The Kier molecular flexibility index (Phi) is 4.41. The number of aliphatic hydroxyl groups is 1. The molecule has 1 heterocycles. The van der Waals surface area contributed by atoms with Crippen molar-refractivity contribution in [2.45, 2.75) is 25.1 Å². The molecule has 0 aliphatic carbocycles. The maximum Gasteiger partial charge on any atom is 0.416 e. The molecule has 21 heavy (non-hydrogen) atoms. The van der Waals surface area contributed by atoms with Crippen LogP contribution in [0.15, 0.2) is 18.2 Å². The van der Waals surface area contributed by atoms with Gasteiger partial charge in [-0.15, -0.1) is 0 Å². The van der Waals surface area contributed by atoms with E-state index in [4.69, 9.17) is 0 Å². The van der Waals surface area contributed by atoms with E-state index >= 15 is 0 Å². The lowest BCUT2D eigenvalue weighted by Gasteiger charge is -2.24. The molecule has 7 heteroatoms. The Balaban J connectivity index is 2.39. The Labute approximate surface area is 120 Å². The van der Waals surface area contributed by atoms with Gasteiger partial charge in [-0.1, -0.05) is 0 Å². The van der Waals surface area contributed by atoms with Gasteiger partial charge in [0, 0.05) is 19.3 Å². The minimum absolute atomic E-state index is 0.0207. The van der Waals surface area contributed by atoms with E-state index in [1.807, 2.05) is 0 Å². The molecule has 4 nitrogen and oxygen atoms in total. The van der Waals surface area contributed by atoms with Gasteiger partial charge >= 0.3 is 6.18 Å². The highest BCUT2D eigenvalue weighted by Crippen LogP contribution is 2.33. The van der Waals surface area contributed by atoms with Crippen molar-refractivity contribution < 1.29 is 23.1 Å². The largest absolute Gasteiger partial charge is 0.416 e. The van der Waals surface area contributed by atoms with Gasteiger partial charge in [0.2, 0.25) is 0 Å². The average Bonchev–Trinajstić information content (AvgIpc) is 2.93. The van der Waals surface area contributed by atoms with Crippen molar-refractivity contribution >= 4 is 11.6 Å². The third kappa shape index (κ3) is 3.12. The first-order valence-electron chi connectivity index (χ1n) is 6.69. The van der Waals surface area contributed by atoms with E-state index in [-0.39, 0.29) is 18.2 Å². The lowest BCUT2D eigenvalue weighted by atomic mass is 10.1. The maximum atomic E-state index is 12.8. The molecular formula is C14H17F3N2O2. The highest BCUT2D eigenvalue weighted by molar-refractivity contribution is 6.00. The Morgan fingerprint density at radius 2 is 2.19 bits per heavy atom. The summed E-state index contributed by atoms with van der Waals surface area (Å²) in [6.45, 7) is 0.267. The SMILES string of the molecule is CNc1ccc(C(F)(F)F)cc1C(=O)N1CCCC1CO. The van der Waals surface area contributed by atoms with E-state index in [1.165, 1.54) is 11.0 Å². The zero-order valence-corrected chi connectivity index (χ0v) is 11.6. The zero-order valence-electron chi connectivity index (χ0n) is 11.6. The standard InChI is InChI=1S/C14H17F3N2O2/c1-18-12-5-4-9(14(15,16)17)7-11(12)13(21)19-6-2-3-10(19)8-20/h4-5,7,10,18,20H,2-3,6,8H2,1H3. The summed E-state index contributed by atoms with van der Waals surface area (Å²) in [5.74, 6) is -0.484. The summed E-state index contributed by atoms with van der Waals surface area (Å²) in [7, 11) is 1.55. The second-order valence-electron chi connectivity index (χ2n) is 4.99. The number of anilines is 1. The molecule has 1 atom stereocenters. The lowest BCUT2D eigenvalue weighted by Crippen LogP contribution is -2.38. The number of aliphatic hydroxyl groups excluding tert-OH is 1. The van der Waals surface area contributed by atoms with Gasteiger partial charge in [0.05, 0.1) is 23.8 Å². The van der Waals surface area contributed by atoms with Crippen LogP contribution < -0.4 is 5.32 Å². The number of likely N-dealkylation sites (tertiary alicyclic amines) is 1. The van der Waals surface area contributed by atoms with Crippen LogP contribution in [0.3, 0.4) is 0 Å². The molecule has 1 fully saturated rings. The van der Waals surface area contributed by atoms with Gasteiger partial charge in [-0.2, -0.15) is 13.2 Å². The van der Waals surface area contributed by atoms with Crippen molar-refractivity contribution in [3.63, 3.8) is 0 Å². The Bertz CT molecular complexity index is 531. The van der Waals surface area contributed by atoms with E-state index in [9.17, 15) is 23.1 Å². The molecule has 1 amide bonds.